The molecule has 1 fully saturated rings. The van der Waals surface area contributed by atoms with Gasteiger partial charge in [0.05, 0.1) is 0 Å². The Bertz CT molecular complexity index is 404. The number of nitrogens with one attached hydrogen (secondary N) is 2. The van der Waals surface area contributed by atoms with E-state index in [1.54, 1.807) is 6.07 Å². The van der Waals surface area contributed by atoms with Gasteiger partial charge >= 0.3 is 6.03 Å². The average molecular weight is 252 g/mol. The predicted molar refractivity (Wildman–Crippen MR) is 64.0 cm³/mol. The predicted octanol–water partition coefficient (Wildman–Crippen LogP) is 0.809. The molecule has 1 aliphatic rings. The Morgan fingerprint density at radius 1 is 1.56 bits per heavy atom. The van der Waals surface area contributed by atoms with E-state index >= 15 is 0 Å². The van der Waals surface area contributed by atoms with Gasteiger partial charge in [-0.2, -0.15) is 0 Å². The Morgan fingerprint density at radius 2 is 2.44 bits per heavy atom. The number of nitrogens with zero attached hydrogens (tertiary/aromatic N) is 2. The molecule has 0 unspecified atom stereocenters. The molecule has 2 rings (SSSR count). The lowest BCUT2D eigenvalue weighted by Crippen LogP contribution is -2.33. The van der Waals surface area contributed by atoms with Gasteiger partial charge in [0.25, 0.3) is 0 Å². The molecule has 2 N–H and O–H groups in total. The lowest BCUT2D eigenvalue weighted by Gasteiger charge is -2.15. The molecule has 2 heterocycles. The van der Waals surface area contributed by atoms with Crippen LogP contribution in [0, 0.1) is 0 Å². The number of hydrogen-bond acceptors (Lipinski definition) is 4. The van der Waals surface area contributed by atoms with Crippen molar-refractivity contribution < 1.29 is 14.1 Å². The number of rotatable bonds is 5. The van der Waals surface area contributed by atoms with Gasteiger partial charge in [0, 0.05) is 32.1 Å². The van der Waals surface area contributed by atoms with Crippen LogP contribution < -0.4 is 10.6 Å². The number of amides is 3. The average Bonchev–Trinajstić information content (AvgIpc) is 2.97. The van der Waals surface area contributed by atoms with E-state index in [1.165, 1.54) is 6.26 Å². The van der Waals surface area contributed by atoms with Crippen molar-refractivity contribution in [3.05, 3.63) is 12.3 Å². The summed E-state index contributed by atoms with van der Waals surface area (Å²) in [6.07, 6.45) is 3.73. The second-order valence-electron chi connectivity index (χ2n) is 4.10. The fraction of sp³-hybridized carbons (Fsp3) is 0.545. The third kappa shape index (κ3) is 3.47. The van der Waals surface area contributed by atoms with Gasteiger partial charge in [-0.3, -0.25) is 10.1 Å². The molecule has 7 heteroatoms. The minimum absolute atomic E-state index is 0.210. The van der Waals surface area contributed by atoms with Crippen molar-refractivity contribution in [2.75, 3.05) is 25.0 Å². The second-order valence-corrected chi connectivity index (χ2v) is 4.10. The number of carbonyl (C=O) groups is 2. The number of urea groups is 1. The van der Waals surface area contributed by atoms with E-state index in [9.17, 15) is 9.59 Å². The highest BCUT2D eigenvalue weighted by Gasteiger charge is 2.18. The van der Waals surface area contributed by atoms with Crippen molar-refractivity contribution in [3.63, 3.8) is 0 Å². The van der Waals surface area contributed by atoms with Gasteiger partial charge in [0.2, 0.25) is 5.91 Å². The fourth-order valence-electron chi connectivity index (χ4n) is 1.85. The molecule has 0 radical (unpaired) electrons. The Kier molecular flexibility index (Phi) is 4.16. The zero-order valence-electron chi connectivity index (χ0n) is 10.0. The number of hydrogen-bond donors (Lipinski definition) is 2. The molecular weight excluding hydrogens is 236 g/mol. The Balaban J connectivity index is 1.57. The summed E-state index contributed by atoms with van der Waals surface area (Å²) in [5.74, 6) is 0.587. The number of anilines is 1. The molecule has 0 saturated carbocycles. The minimum atomic E-state index is -0.323. The zero-order chi connectivity index (χ0) is 12.8. The third-order valence-electron chi connectivity index (χ3n) is 2.74. The standard InChI is InChI=1S/C11H16N4O3/c16-10-3-1-6-15(10)7-2-5-12-11(17)13-9-4-8-18-14-9/h4,8H,1-3,5-7H2,(H2,12,13,14,17). The summed E-state index contributed by atoms with van der Waals surface area (Å²) in [5, 5.41) is 8.77. The van der Waals surface area contributed by atoms with Crippen LogP contribution in [0.1, 0.15) is 19.3 Å². The number of likely N-dealkylation sites (tertiary alicyclic amines) is 1. The van der Waals surface area contributed by atoms with Crippen LogP contribution >= 0.6 is 0 Å². The normalized spacial score (nSPS) is 14.9. The summed E-state index contributed by atoms with van der Waals surface area (Å²) >= 11 is 0. The lowest BCUT2D eigenvalue weighted by atomic mass is 10.4. The summed E-state index contributed by atoms with van der Waals surface area (Å²) in [4.78, 5) is 24.5. The van der Waals surface area contributed by atoms with Crippen LogP contribution in [0.15, 0.2) is 16.9 Å². The minimum Gasteiger partial charge on any atom is -0.363 e. The molecule has 1 aromatic rings. The first-order chi connectivity index (χ1) is 8.75. The van der Waals surface area contributed by atoms with Crippen LogP contribution in [0.4, 0.5) is 10.6 Å². The summed E-state index contributed by atoms with van der Waals surface area (Å²) in [6.45, 7) is 2.06. The third-order valence-corrected chi connectivity index (χ3v) is 2.74. The molecule has 1 saturated heterocycles. The van der Waals surface area contributed by atoms with Crippen LogP contribution in [0.5, 0.6) is 0 Å². The first-order valence-electron chi connectivity index (χ1n) is 5.99. The highest BCUT2D eigenvalue weighted by molar-refractivity contribution is 5.87. The molecule has 0 atom stereocenters. The highest BCUT2D eigenvalue weighted by atomic mass is 16.5. The monoisotopic (exact) mass is 252 g/mol. The van der Waals surface area contributed by atoms with Crippen LogP contribution in [0.25, 0.3) is 0 Å². The molecular formula is C11H16N4O3. The van der Waals surface area contributed by atoms with Crippen molar-refractivity contribution in [1.29, 1.82) is 0 Å². The zero-order valence-corrected chi connectivity index (χ0v) is 10.0. The van der Waals surface area contributed by atoms with E-state index in [2.05, 4.69) is 20.3 Å². The quantitative estimate of drug-likeness (QED) is 0.759. The summed E-state index contributed by atoms with van der Waals surface area (Å²) < 4.78 is 4.58. The molecule has 1 aliphatic heterocycles. The van der Waals surface area contributed by atoms with Gasteiger partial charge in [0.15, 0.2) is 5.82 Å². The van der Waals surface area contributed by atoms with Crippen molar-refractivity contribution >= 4 is 17.8 Å². The van der Waals surface area contributed by atoms with E-state index in [4.69, 9.17) is 0 Å². The smallest absolute Gasteiger partial charge is 0.320 e. The largest absolute Gasteiger partial charge is 0.363 e. The maximum absolute atomic E-state index is 11.4. The van der Waals surface area contributed by atoms with Crippen LogP contribution in [-0.2, 0) is 4.79 Å². The van der Waals surface area contributed by atoms with Gasteiger partial charge in [0.1, 0.15) is 6.26 Å². The summed E-state index contributed by atoms with van der Waals surface area (Å²) in [7, 11) is 0. The molecule has 3 amide bonds. The van der Waals surface area contributed by atoms with Crippen LogP contribution in [0.2, 0.25) is 0 Å². The van der Waals surface area contributed by atoms with E-state index in [1.807, 2.05) is 4.90 Å². The van der Waals surface area contributed by atoms with E-state index in [0.717, 1.165) is 19.4 Å². The van der Waals surface area contributed by atoms with Gasteiger partial charge in [-0.05, 0) is 12.8 Å². The molecule has 0 aliphatic carbocycles. The van der Waals surface area contributed by atoms with Gasteiger partial charge < -0.3 is 14.7 Å². The van der Waals surface area contributed by atoms with Crippen molar-refractivity contribution in [2.45, 2.75) is 19.3 Å². The number of aromatic nitrogens is 1. The molecule has 0 bridgehead atoms. The first kappa shape index (κ1) is 12.4. The second kappa shape index (κ2) is 6.04. The van der Waals surface area contributed by atoms with E-state index in [-0.39, 0.29) is 11.9 Å². The van der Waals surface area contributed by atoms with Gasteiger partial charge in [-0.15, -0.1) is 0 Å². The Morgan fingerprint density at radius 3 is 3.11 bits per heavy atom. The van der Waals surface area contributed by atoms with E-state index in [0.29, 0.717) is 25.3 Å². The maximum Gasteiger partial charge on any atom is 0.320 e. The molecule has 0 aromatic carbocycles. The molecule has 0 spiro atoms. The van der Waals surface area contributed by atoms with Crippen LogP contribution in [0.3, 0.4) is 0 Å². The molecule has 7 nitrogen and oxygen atoms in total. The molecule has 18 heavy (non-hydrogen) atoms. The van der Waals surface area contributed by atoms with Crippen molar-refractivity contribution in [3.8, 4) is 0 Å². The fourth-order valence-corrected chi connectivity index (χ4v) is 1.85. The molecule has 98 valence electrons. The highest BCUT2D eigenvalue weighted by Crippen LogP contribution is 2.09. The molecule has 1 aromatic heterocycles. The number of carbonyl (C=O) groups excluding carboxylic acids is 2. The van der Waals surface area contributed by atoms with Crippen LogP contribution in [-0.4, -0.2) is 41.6 Å². The topological polar surface area (TPSA) is 87.5 Å². The Hall–Kier alpha value is -2.05. The Labute approximate surface area is 104 Å². The lowest BCUT2D eigenvalue weighted by molar-refractivity contribution is -0.127. The van der Waals surface area contributed by atoms with Crippen molar-refractivity contribution in [2.24, 2.45) is 0 Å². The van der Waals surface area contributed by atoms with Crippen molar-refractivity contribution in [1.82, 2.24) is 15.4 Å². The SMILES string of the molecule is O=C(NCCCN1CCCC1=O)Nc1ccon1. The van der Waals surface area contributed by atoms with E-state index < -0.39 is 0 Å². The first-order valence-corrected chi connectivity index (χ1v) is 5.99. The summed E-state index contributed by atoms with van der Waals surface area (Å²) in [5.41, 5.74) is 0. The summed E-state index contributed by atoms with van der Waals surface area (Å²) in [6, 6.07) is 1.24. The maximum atomic E-state index is 11.4. The van der Waals surface area contributed by atoms with Gasteiger partial charge in [-0.1, -0.05) is 5.16 Å². The van der Waals surface area contributed by atoms with Gasteiger partial charge in [-0.25, -0.2) is 4.79 Å².